The second-order valence-electron chi connectivity index (χ2n) is 4.86. The van der Waals surface area contributed by atoms with E-state index in [2.05, 4.69) is 15.9 Å². The molecule has 6 nitrogen and oxygen atoms in total. The number of hydrogen-bond donors (Lipinski definition) is 0. The van der Waals surface area contributed by atoms with Crippen LogP contribution in [0.15, 0.2) is 16.6 Å². The third kappa shape index (κ3) is 3.61. The van der Waals surface area contributed by atoms with Gasteiger partial charge in [0, 0.05) is 30.1 Å². The molecule has 22 heavy (non-hydrogen) atoms. The molecule has 1 unspecified atom stereocenters. The lowest BCUT2D eigenvalue weighted by atomic mass is 10.1. The lowest BCUT2D eigenvalue weighted by Crippen LogP contribution is -2.25. The molecule has 1 aliphatic rings. The van der Waals surface area contributed by atoms with Gasteiger partial charge in [0.15, 0.2) is 5.12 Å². The standard InChI is InChI=1S/C13H12BrClN2O4S/c1-7(18)22-6-8-4-11(19)16(5-8)10-3-2-9(14)12(15)13(10)17(20)21/h2-3,8H,4-6H2,1H3. The van der Waals surface area contributed by atoms with Gasteiger partial charge in [-0.15, -0.1) is 0 Å². The number of halogens is 2. The third-order valence-electron chi connectivity index (χ3n) is 3.25. The van der Waals surface area contributed by atoms with Crippen LogP contribution in [0.4, 0.5) is 11.4 Å². The Hall–Kier alpha value is -1.12. The van der Waals surface area contributed by atoms with Crippen LogP contribution in [-0.4, -0.2) is 28.2 Å². The molecule has 1 heterocycles. The Morgan fingerprint density at radius 3 is 2.86 bits per heavy atom. The number of carbonyl (C=O) groups is 2. The predicted molar refractivity (Wildman–Crippen MR) is 89.4 cm³/mol. The van der Waals surface area contributed by atoms with E-state index in [0.717, 1.165) is 11.8 Å². The summed E-state index contributed by atoms with van der Waals surface area (Å²) < 4.78 is 0.403. The molecule has 1 aromatic rings. The van der Waals surface area contributed by atoms with E-state index >= 15 is 0 Å². The second-order valence-corrected chi connectivity index (χ2v) is 7.29. The fraction of sp³-hybridized carbons (Fsp3) is 0.385. The average Bonchev–Trinajstić information content (AvgIpc) is 2.80. The lowest BCUT2D eigenvalue weighted by Gasteiger charge is -2.17. The topological polar surface area (TPSA) is 80.5 Å². The number of nitro groups is 1. The first-order valence-electron chi connectivity index (χ1n) is 6.37. The van der Waals surface area contributed by atoms with Crippen molar-refractivity contribution in [2.24, 2.45) is 5.92 Å². The molecule has 1 aliphatic heterocycles. The van der Waals surface area contributed by atoms with Gasteiger partial charge in [0.05, 0.1) is 4.92 Å². The molecule has 0 aromatic heterocycles. The summed E-state index contributed by atoms with van der Waals surface area (Å²) in [6.07, 6.45) is 0.269. The van der Waals surface area contributed by atoms with Gasteiger partial charge in [-0.2, -0.15) is 0 Å². The van der Waals surface area contributed by atoms with E-state index in [1.54, 1.807) is 6.07 Å². The van der Waals surface area contributed by atoms with Gasteiger partial charge in [0.1, 0.15) is 10.7 Å². The van der Waals surface area contributed by atoms with Crippen LogP contribution in [0, 0.1) is 16.0 Å². The number of nitro benzene ring substituents is 1. The Bertz CT molecular complexity index is 655. The highest BCUT2D eigenvalue weighted by Gasteiger charge is 2.35. The smallest absolute Gasteiger partial charge is 0.306 e. The minimum Gasteiger partial charge on any atom is -0.306 e. The van der Waals surface area contributed by atoms with Crippen molar-refractivity contribution in [3.05, 3.63) is 31.7 Å². The van der Waals surface area contributed by atoms with Gasteiger partial charge < -0.3 is 4.90 Å². The summed E-state index contributed by atoms with van der Waals surface area (Å²) in [4.78, 5) is 35.2. The van der Waals surface area contributed by atoms with Crippen molar-refractivity contribution in [3.63, 3.8) is 0 Å². The maximum absolute atomic E-state index is 12.2. The van der Waals surface area contributed by atoms with Crippen molar-refractivity contribution in [1.82, 2.24) is 0 Å². The molecule has 0 aliphatic carbocycles. The van der Waals surface area contributed by atoms with Gasteiger partial charge in [-0.25, -0.2) is 0 Å². The highest BCUT2D eigenvalue weighted by Crippen LogP contribution is 2.41. The minimum atomic E-state index is -0.590. The first-order valence-corrected chi connectivity index (χ1v) is 8.53. The van der Waals surface area contributed by atoms with E-state index < -0.39 is 4.92 Å². The monoisotopic (exact) mass is 406 g/mol. The van der Waals surface area contributed by atoms with Crippen LogP contribution in [0.25, 0.3) is 0 Å². The molecule has 118 valence electrons. The minimum absolute atomic E-state index is 0.0106. The number of amides is 1. The SMILES string of the molecule is CC(=O)SCC1CC(=O)N(c2ccc(Br)c(Cl)c2[N+](=O)[O-])C1. The third-order valence-corrected chi connectivity index (χ3v) is 5.56. The Labute approximate surface area is 144 Å². The average molecular weight is 408 g/mol. The van der Waals surface area contributed by atoms with Crippen LogP contribution >= 0.6 is 39.3 Å². The predicted octanol–water partition coefficient (Wildman–Crippen LogP) is 3.64. The van der Waals surface area contributed by atoms with Crippen molar-refractivity contribution in [3.8, 4) is 0 Å². The molecule has 9 heteroatoms. The zero-order valence-electron chi connectivity index (χ0n) is 11.5. The summed E-state index contributed by atoms with van der Waals surface area (Å²) in [6.45, 7) is 1.82. The number of nitrogens with zero attached hydrogens (tertiary/aromatic N) is 2. The maximum atomic E-state index is 12.2. The van der Waals surface area contributed by atoms with E-state index in [4.69, 9.17) is 11.6 Å². The zero-order chi connectivity index (χ0) is 16.4. The zero-order valence-corrected chi connectivity index (χ0v) is 14.7. The molecule has 0 N–H and O–H groups in total. The Kier molecular flexibility index (Phi) is 5.46. The van der Waals surface area contributed by atoms with Gasteiger partial charge >= 0.3 is 5.69 Å². The van der Waals surface area contributed by atoms with Gasteiger partial charge in [-0.05, 0) is 34.0 Å². The molecular formula is C13H12BrClN2O4S. The van der Waals surface area contributed by atoms with Crippen molar-refractivity contribution in [1.29, 1.82) is 0 Å². The van der Waals surface area contributed by atoms with Gasteiger partial charge in [0.2, 0.25) is 5.91 Å². The van der Waals surface area contributed by atoms with Gasteiger partial charge in [0.25, 0.3) is 0 Å². The fourth-order valence-electron chi connectivity index (χ4n) is 2.28. The highest BCUT2D eigenvalue weighted by atomic mass is 79.9. The van der Waals surface area contributed by atoms with Crippen LogP contribution in [0.3, 0.4) is 0 Å². The van der Waals surface area contributed by atoms with Crippen molar-refractivity contribution < 1.29 is 14.5 Å². The van der Waals surface area contributed by atoms with Crippen LogP contribution in [0.2, 0.25) is 5.02 Å². The molecule has 2 rings (SSSR count). The number of carbonyl (C=O) groups excluding carboxylic acids is 2. The van der Waals surface area contributed by atoms with Gasteiger partial charge in [-0.1, -0.05) is 23.4 Å². The first-order chi connectivity index (χ1) is 10.3. The van der Waals surface area contributed by atoms with Crippen LogP contribution in [-0.2, 0) is 9.59 Å². The molecule has 1 saturated heterocycles. The largest absolute Gasteiger partial charge is 0.312 e. The lowest BCUT2D eigenvalue weighted by molar-refractivity contribution is -0.384. The summed E-state index contributed by atoms with van der Waals surface area (Å²) in [5.41, 5.74) is -0.0946. The molecule has 1 aromatic carbocycles. The van der Waals surface area contributed by atoms with Gasteiger partial charge in [-0.3, -0.25) is 19.7 Å². The van der Waals surface area contributed by atoms with Crippen LogP contribution in [0.5, 0.6) is 0 Å². The molecule has 0 spiro atoms. The summed E-state index contributed by atoms with van der Waals surface area (Å²) in [5, 5.41) is 11.2. The second kappa shape index (κ2) is 6.97. The quantitative estimate of drug-likeness (QED) is 0.562. The Balaban J connectivity index is 2.29. The molecule has 1 fully saturated rings. The molecule has 0 bridgehead atoms. The summed E-state index contributed by atoms with van der Waals surface area (Å²) >= 11 is 10.3. The first kappa shape index (κ1) is 17.2. The Morgan fingerprint density at radius 1 is 1.59 bits per heavy atom. The van der Waals surface area contributed by atoms with E-state index in [1.807, 2.05) is 0 Å². The fourth-order valence-corrected chi connectivity index (χ4v) is 3.52. The summed E-state index contributed by atoms with van der Waals surface area (Å²) in [6, 6.07) is 3.09. The van der Waals surface area contributed by atoms with E-state index in [9.17, 15) is 19.7 Å². The molecular weight excluding hydrogens is 396 g/mol. The van der Waals surface area contributed by atoms with Crippen molar-refractivity contribution in [2.45, 2.75) is 13.3 Å². The number of anilines is 1. The molecule has 1 atom stereocenters. The Morgan fingerprint density at radius 2 is 2.27 bits per heavy atom. The summed E-state index contributed by atoms with van der Waals surface area (Å²) in [5.74, 6) is 0.314. The van der Waals surface area contributed by atoms with E-state index in [-0.39, 0.29) is 39.8 Å². The number of hydrogen-bond acceptors (Lipinski definition) is 5. The number of rotatable bonds is 4. The van der Waals surface area contributed by atoms with Crippen molar-refractivity contribution >= 4 is 61.7 Å². The molecule has 0 radical (unpaired) electrons. The molecule has 0 saturated carbocycles. The maximum Gasteiger partial charge on any atom is 0.312 e. The normalized spacial score (nSPS) is 17.9. The van der Waals surface area contributed by atoms with E-state index in [1.165, 1.54) is 17.9 Å². The summed E-state index contributed by atoms with van der Waals surface area (Å²) in [7, 11) is 0. The molecule has 1 amide bonds. The number of thioether (sulfide) groups is 1. The van der Waals surface area contributed by atoms with Crippen LogP contribution < -0.4 is 4.90 Å². The van der Waals surface area contributed by atoms with Crippen LogP contribution in [0.1, 0.15) is 13.3 Å². The highest BCUT2D eigenvalue weighted by molar-refractivity contribution is 9.10. The van der Waals surface area contributed by atoms with E-state index in [0.29, 0.717) is 16.8 Å². The number of benzene rings is 1. The van der Waals surface area contributed by atoms with Crippen molar-refractivity contribution in [2.75, 3.05) is 17.2 Å².